The van der Waals surface area contributed by atoms with E-state index in [4.69, 9.17) is 21.1 Å². The number of anilines is 3. The first-order valence-corrected chi connectivity index (χ1v) is 12.5. The van der Waals surface area contributed by atoms with Gasteiger partial charge < -0.3 is 24.7 Å². The Balaban J connectivity index is 1.69. The van der Waals surface area contributed by atoms with E-state index < -0.39 is 11.9 Å². The highest BCUT2D eigenvalue weighted by molar-refractivity contribution is 6.32. The van der Waals surface area contributed by atoms with E-state index in [0.717, 1.165) is 29.8 Å². The first kappa shape index (κ1) is 28.2. The number of hydrogen-bond acceptors (Lipinski definition) is 8. The van der Waals surface area contributed by atoms with Crippen LogP contribution in [0.15, 0.2) is 41.5 Å². The van der Waals surface area contributed by atoms with E-state index in [9.17, 15) is 18.0 Å². The van der Waals surface area contributed by atoms with Gasteiger partial charge in [0.25, 0.3) is 11.5 Å². The maximum absolute atomic E-state index is 13.1. The van der Waals surface area contributed by atoms with Crippen molar-refractivity contribution in [3.63, 3.8) is 0 Å². The standard InChI is InChI=1S/C25H27ClF3N7O3/c1-4-30-20-16-13-15(7-8-18(16)35(2)23(37)21(20)39-12-6-5-11-38-3)32-22-17(26)14-31-24(33-22)36-10-9-19(34-36)25(27,28)29/h7-10,13-14,30H,4-6,11-12H2,1-3H3,(H,31,32,33). The first-order valence-electron chi connectivity index (χ1n) is 12.1. The van der Waals surface area contributed by atoms with Crippen molar-refractivity contribution in [1.82, 2.24) is 24.3 Å². The van der Waals surface area contributed by atoms with E-state index in [0.29, 0.717) is 42.0 Å². The molecule has 0 unspecified atom stereocenters. The number of nitrogens with one attached hydrogen (secondary N) is 2. The van der Waals surface area contributed by atoms with Crippen LogP contribution in [0.3, 0.4) is 0 Å². The summed E-state index contributed by atoms with van der Waals surface area (Å²) < 4.78 is 52.3. The van der Waals surface area contributed by atoms with Crippen LogP contribution in [0.1, 0.15) is 25.5 Å². The maximum Gasteiger partial charge on any atom is 0.435 e. The smallest absolute Gasteiger partial charge is 0.435 e. The molecule has 0 saturated carbocycles. The van der Waals surface area contributed by atoms with Crippen LogP contribution in [-0.4, -0.2) is 51.2 Å². The third-order valence-electron chi connectivity index (χ3n) is 5.77. The molecule has 0 amide bonds. The minimum atomic E-state index is -4.60. The fourth-order valence-electron chi connectivity index (χ4n) is 3.89. The molecular formula is C25H27ClF3N7O3. The van der Waals surface area contributed by atoms with Crippen molar-refractivity contribution >= 4 is 39.7 Å². The Labute approximate surface area is 226 Å². The lowest BCUT2D eigenvalue weighted by Crippen LogP contribution is -2.22. The molecule has 0 bridgehead atoms. The maximum atomic E-state index is 13.1. The van der Waals surface area contributed by atoms with Crippen LogP contribution >= 0.6 is 11.6 Å². The fourth-order valence-corrected chi connectivity index (χ4v) is 4.02. The van der Waals surface area contributed by atoms with Gasteiger partial charge in [-0.1, -0.05) is 11.6 Å². The zero-order valence-electron chi connectivity index (χ0n) is 21.5. The van der Waals surface area contributed by atoms with Gasteiger partial charge in [-0.05, 0) is 44.0 Å². The second kappa shape index (κ2) is 11.9. The lowest BCUT2D eigenvalue weighted by atomic mass is 10.1. The number of ether oxygens (including phenoxy) is 2. The van der Waals surface area contributed by atoms with Gasteiger partial charge >= 0.3 is 6.18 Å². The molecule has 3 aromatic heterocycles. The number of pyridine rings is 1. The summed E-state index contributed by atoms with van der Waals surface area (Å²) in [5, 5.41) is 10.7. The van der Waals surface area contributed by atoms with Gasteiger partial charge in [0.05, 0.1) is 24.0 Å². The number of aryl methyl sites for hydroxylation is 1. The number of benzene rings is 1. The van der Waals surface area contributed by atoms with Crippen LogP contribution in [0, 0.1) is 0 Å². The second-order valence-corrected chi connectivity index (χ2v) is 8.92. The van der Waals surface area contributed by atoms with E-state index in [-0.39, 0.29) is 28.1 Å². The summed E-state index contributed by atoms with van der Waals surface area (Å²) in [5.41, 5.74) is 0.445. The van der Waals surface area contributed by atoms with Crippen molar-refractivity contribution in [1.29, 1.82) is 0 Å². The molecule has 0 spiro atoms. The first-order chi connectivity index (χ1) is 18.6. The summed E-state index contributed by atoms with van der Waals surface area (Å²) in [7, 11) is 3.30. The highest BCUT2D eigenvalue weighted by atomic mass is 35.5. The minimum Gasteiger partial charge on any atom is -0.486 e. The number of unbranched alkanes of at least 4 members (excludes halogenated alkanes) is 1. The predicted octanol–water partition coefficient (Wildman–Crippen LogP) is 5.17. The Bertz CT molecular complexity index is 1520. The topological polar surface area (TPSA) is 108 Å². The normalized spacial score (nSPS) is 11.7. The molecule has 0 atom stereocenters. The summed E-state index contributed by atoms with van der Waals surface area (Å²) >= 11 is 6.29. The monoisotopic (exact) mass is 565 g/mol. The molecule has 14 heteroatoms. The summed E-state index contributed by atoms with van der Waals surface area (Å²) in [6.45, 7) is 3.41. The summed E-state index contributed by atoms with van der Waals surface area (Å²) in [4.78, 5) is 21.4. The van der Waals surface area contributed by atoms with Gasteiger partial charge in [0, 0.05) is 44.6 Å². The van der Waals surface area contributed by atoms with Gasteiger partial charge in [0.15, 0.2) is 11.5 Å². The SMILES string of the molecule is CCNc1c(OCCCCOC)c(=O)n(C)c2ccc(Nc3nc(-n4ccc(C(F)(F)F)n4)ncc3Cl)cc12. The minimum absolute atomic E-state index is 0.0990. The number of aromatic nitrogens is 5. The van der Waals surface area contributed by atoms with Crippen molar-refractivity contribution < 1.29 is 22.6 Å². The Morgan fingerprint density at radius 3 is 2.62 bits per heavy atom. The number of hydrogen-bond donors (Lipinski definition) is 2. The zero-order valence-corrected chi connectivity index (χ0v) is 22.2. The van der Waals surface area contributed by atoms with E-state index in [1.54, 1.807) is 32.4 Å². The molecule has 0 fully saturated rings. The van der Waals surface area contributed by atoms with Crippen LogP contribution in [-0.2, 0) is 18.0 Å². The van der Waals surface area contributed by atoms with E-state index in [2.05, 4.69) is 25.7 Å². The Kier molecular flexibility index (Phi) is 8.60. The Morgan fingerprint density at radius 1 is 1.15 bits per heavy atom. The highest BCUT2D eigenvalue weighted by Gasteiger charge is 2.34. The molecule has 208 valence electrons. The second-order valence-electron chi connectivity index (χ2n) is 8.51. The van der Waals surface area contributed by atoms with Crippen molar-refractivity contribution in [2.75, 3.05) is 37.5 Å². The van der Waals surface area contributed by atoms with Gasteiger partial charge in [-0.3, -0.25) is 4.79 Å². The van der Waals surface area contributed by atoms with Gasteiger partial charge in [-0.15, -0.1) is 0 Å². The molecule has 0 saturated heterocycles. The Morgan fingerprint density at radius 2 is 1.92 bits per heavy atom. The predicted molar refractivity (Wildman–Crippen MR) is 142 cm³/mol. The van der Waals surface area contributed by atoms with E-state index in [1.165, 1.54) is 10.8 Å². The number of methoxy groups -OCH3 is 1. The number of alkyl halides is 3. The van der Waals surface area contributed by atoms with Gasteiger partial charge in [-0.25, -0.2) is 9.67 Å². The quantitative estimate of drug-likeness (QED) is 0.240. The van der Waals surface area contributed by atoms with Crippen LogP contribution in [0.5, 0.6) is 5.75 Å². The Hall–Kier alpha value is -3.84. The van der Waals surface area contributed by atoms with Crippen LogP contribution in [0.25, 0.3) is 16.9 Å². The summed E-state index contributed by atoms with van der Waals surface area (Å²) in [6, 6.07) is 6.13. The molecule has 1 aromatic carbocycles. The average molecular weight is 566 g/mol. The molecule has 4 rings (SSSR count). The van der Waals surface area contributed by atoms with E-state index in [1.807, 2.05) is 6.92 Å². The largest absolute Gasteiger partial charge is 0.486 e. The summed E-state index contributed by atoms with van der Waals surface area (Å²) in [6.07, 6.45) is -0.692. The van der Waals surface area contributed by atoms with Crippen molar-refractivity contribution in [3.05, 3.63) is 57.7 Å². The van der Waals surface area contributed by atoms with Gasteiger partial charge in [0.2, 0.25) is 5.75 Å². The molecule has 39 heavy (non-hydrogen) atoms. The molecule has 10 nitrogen and oxygen atoms in total. The molecule has 0 aliphatic heterocycles. The van der Waals surface area contributed by atoms with Crippen molar-refractivity contribution in [3.8, 4) is 11.7 Å². The van der Waals surface area contributed by atoms with Gasteiger partial charge in [0.1, 0.15) is 5.02 Å². The molecule has 4 aromatic rings. The fraction of sp³-hybridized carbons (Fsp3) is 0.360. The molecule has 3 heterocycles. The average Bonchev–Trinajstić information content (AvgIpc) is 3.41. The van der Waals surface area contributed by atoms with E-state index >= 15 is 0 Å². The number of halogens is 4. The molecule has 0 radical (unpaired) electrons. The van der Waals surface area contributed by atoms with Gasteiger partial charge in [-0.2, -0.15) is 23.3 Å². The third-order valence-corrected chi connectivity index (χ3v) is 6.05. The lowest BCUT2D eigenvalue weighted by Gasteiger charge is -2.18. The number of fused-ring (bicyclic) bond motifs is 1. The molecule has 0 aliphatic carbocycles. The summed E-state index contributed by atoms with van der Waals surface area (Å²) in [5.74, 6) is 0.274. The van der Waals surface area contributed by atoms with Crippen molar-refractivity contribution in [2.24, 2.45) is 7.05 Å². The van der Waals surface area contributed by atoms with Crippen LogP contribution in [0.4, 0.5) is 30.4 Å². The third kappa shape index (κ3) is 6.25. The van der Waals surface area contributed by atoms with Crippen molar-refractivity contribution in [2.45, 2.75) is 25.9 Å². The lowest BCUT2D eigenvalue weighted by molar-refractivity contribution is -0.141. The zero-order chi connectivity index (χ0) is 28.2. The van der Waals surface area contributed by atoms with Crippen LogP contribution in [0.2, 0.25) is 5.02 Å². The molecule has 0 aliphatic rings. The molecule has 2 N–H and O–H groups in total. The number of nitrogens with zero attached hydrogens (tertiary/aromatic N) is 5. The molecular weight excluding hydrogens is 539 g/mol. The van der Waals surface area contributed by atoms with Crippen LogP contribution < -0.4 is 20.9 Å². The highest BCUT2D eigenvalue weighted by Crippen LogP contribution is 2.34. The number of rotatable bonds is 11.